The lowest BCUT2D eigenvalue weighted by Crippen LogP contribution is -2.51. The molecule has 0 unspecified atom stereocenters. The first-order valence-corrected chi connectivity index (χ1v) is 13.7. The standard InChI is InChI=1S/C28H32N2O3S/c1-2-33-24-6-4-3-5-23(24)30-25(31)17-34-26(30)21-7-9-22(10-8-21)29-27(32)28-14-18-11-19(15-28)13-20(12-18)16-28/h3-10,18-20,26H,2,11-17H2,1H3,(H,29,32)/t18?,19?,20?,26-,28?/m1/s1. The molecule has 5 aliphatic rings. The first-order valence-electron chi connectivity index (χ1n) is 12.6. The van der Waals surface area contributed by atoms with Crippen LogP contribution >= 0.6 is 11.8 Å². The summed E-state index contributed by atoms with van der Waals surface area (Å²) in [5, 5.41) is 3.14. The molecule has 1 N–H and O–H groups in total. The Morgan fingerprint density at radius 1 is 1.03 bits per heavy atom. The Hall–Kier alpha value is -2.47. The second-order valence-corrected chi connectivity index (χ2v) is 11.7. The van der Waals surface area contributed by atoms with Gasteiger partial charge in [-0.15, -0.1) is 11.8 Å². The smallest absolute Gasteiger partial charge is 0.238 e. The first-order chi connectivity index (χ1) is 16.5. The summed E-state index contributed by atoms with van der Waals surface area (Å²) in [6.45, 7) is 2.50. The van der Waals surface area contributed by atoms with Gasteiger partial charge in [0.15, 0.2) is 0 Å². The highest BCUT2D eigenvalue weighted by molar-refractivity contribution is 8.00. The molecule has 2 aromatic carbocycles. The molecular formula is C28H32N2O3S. The predicted molar refractivity (Wildman–Crippen MR) is 136 cm³/mol. The molecule has 4 bridgehead atoms. The van der Waals surface area contributed by atoms with Crippen molar-refractivity contribution < 1.29 is 14.3 Å². The van der Waals surface area contributed by atoms with Crippen LogP contribution in [0, 0.1) is 23.2 Å². The number of benzene rings is 2. The number of hydrogen-bond acceptors (Lipinski definition) is 4. The van der Waals surface area contributed by atoms with Gasteiger partial charge in [-0.25, -0.2) is 0 Å². The monoisotopic (exact) mass is 476 g/mol. The van der Waals surface area contributed by atoms with Crippen LogP contribution in [-0.2, 0) is 9.59 Å². The molecule has 1 saturated heterocycles. The van der Waals surface area contributed by atoms with E-state index >= 15 is 0 Å². The van der Waals surface area contributed by atoms with Crippen LogP contribution in [0.25, 0.3) is 0 Å². The van der Waals surface area contributed by atoms with E-state index in [0.717, 1.165) is 59.7 Å². The molecule has 6 heteroatoms. The Kier molecular flexibility index (Phi) is 5.59. The van der Waals surface area contributed by atoms with E-state index in [4.69, 9.17) is 4.74 Å². The Labute approximate surface area is 205 Å². The molecule has 4 saturated carbocycles. The van der Waals surface area contributed by atoms with Crippen molar-refractivity contribution in [2.75, 3.05) is 22.6 Å². The highest BCUT2D eigenvalue weighted by Crippen LogP contribution is 2.60. The van der Waals surface area contributed by atoms with E-state index in [1.54, 1.807) is 11.8 Å². The van der Waals surface area contributed by atoms with Gasteiger partial charge >= 0.3 is 0 Å². The van der Waals surface area contributed by atoms with Crippen LogP contribution < -0.4 is 15.0 Å². The van der Waals surface area contributed by atoms with Crippen LogP contribution in [0.4, 0.5) is 11.4 Å². The van der Waals surface area contributed by atoms with E-state index in [1.807, 2.05) is 60.4 Å². The van der Waals surface area contributed by atoms with Gasteiger partial charge in [0.05, 0.1) is 23.5 Å². The molecule has 1 heterocycles. The fourth-order valence-electron chi connectivity index (χ4n) is 7.25. The minimum absolute atomic E-state index is 0.0846. The molecule has 5 nitrogen and oxygen atoms in total. The van der Waals surface area contributed by atoms with Crippen LogP contribution in [0.3, 0.4) is 0 Å². The van der Waals surface area contributed by atoms with Crippen LogP contribution in [0.15, 0.2) is 48.5 Å². The average Bonchev–Trinajstić information content (AvgIpc) is 3.20. The minimum atomic E-state index is -0.152. The molecule has 1 atom stereocenters. The van der Waals surface area contributed by atoms with Crippen molar-refractivity contribution >= 4 is 35.0 Å². The fraction of sp³-hybridized carbons (Fsp3) is 0.500. The fourth-order valence-corrected chi connectivity index (χ4v) is 8.42. The number of nitrogens with one attached hydrogen (secondary N) is 1. The number of amides is 2. The van der Waals surface area contributed by atoms with Gasteiger partial charge in [-0.2, -0.15) is 0 Å². The number of nitrogens with zero attached hydrogens (tertiary/aromatic N) is 1. The highest BCUT2D eigenvalue weighted by atomic mass is 32.2. The predicted octanol–water partition coefficient (Wildman–Crippen LogP) is 6.02. The lowest BCUT2D eigenvalue weighted by molar-refractivity contribution is -0.140. The van der Waals surface area contributed by atoms with Crippen LogP contribution in [-0.4, -0.2) is 24.2 Å². The van der Waals surface area contributed by atoms with E-state index in [0.29, 0.717) is 12.4 Å². The lowest BCUT2D eigenvalue weighted by Gasteiger charge is -2.55. The highest BCUT2D eigenvalue weighted by Gasteiger charge is 2.54. The van der Waals surface area contributed by atoms with Crippen LogP contribution in [0.2, 0.25) is 0 Å². The molecule has 4 aliphatic carbocycles. The maximum absolute atomic E-state index is 13.4. The lowest BCUT2D eigenvalue weighted by atomic mass is 9.49. The van der Waals surface area contributed by atoms with E-state index in [2.05, 4.69) is 5.32 Å². The van der Waals surface area contributed by atoms with Crippen molar-refractivity contribution in [2.24, 2.45) is 23.2 Å². The summed E-state index contributed by atoms with van der Waals surface area (Å²) < 4.78 is 5.79. The van der Waals surface area contributed by atoms with Gasteiger partial charge in [0.2, 0.25) is 11.8 Å². The number of ether oxygens (including phenoxy) is 1. The third-order valence-corrected chi connectivity index (χ3v) is 9.48. The van der Waals surface area contributed by atoms with Crippen molar-refractivity contribution in [3.63, 3.8) is 0 Å². The molecule has 0 radical (unpaired) electrons. The number of hydrogen-bond donors (Lipinski definition) is 1. The minimum Gasteiger partial charge on any atom is -0.492 e. The molecule has 0 aromatic heterocycles. The zero-order valence-electron chi connectivity index (χ0n) is 19.7. The summed E-state index contributed by atoms with van der Waals surface area (Å²) in [7, 11) is 0. The zero-order chi connectivity index (χ0) is 23.3. The normalized spacial score (nSPS) is 31.7. The Balaban J connectivity index is 1.19. The third-order valence-electron chi connectivity index (χ3n) is 8.27. The van der Waals surface area contributed by atoms with Gasteiger partial charge in [0.1, 0.15) is 11.1 Å². The molecule has 2 amide bonds. The van der Waals surface area contributed by atoms with E-state index in [9.17, 15) is 9.59 Å². The van der Waals surface area contributed by atoms with Gasteiger partial charge in [-0.3, -0.25) is 14.5 Å². The van der Waals surface area contributed by atoms with Crippen molar-refractivity contribution in [1.82, 2.24) is 0 Å². The first kappa shape index (κ1) is 22.0. The van der Waals surface area contributed by atoms with Crippen molar-refractivity contribution in [3.05, 3.63) is 54.1 Å². The van der Waals surface area contributed by atoms with Gasteiger partial charge in [0.25, 0.3) is 0 Å². The Morgan fingerprint density at radius 2 is 1.68 bits per heavy atom. The Bertz CT molecular complexity index is 1060. The number of anilines is 2. The maximum Gasteiger partial charge on any atom is 0.238 e. The van der Waals surface area contributed by atoms with Crippen molar-refractivity contribution in [2.45, 2.75) is 50.8 Å². The van der Waals surface area contributed by atoms with E-state index in [-0.39, 0.29) is 22.6 Å². The zero-order valence-corrected chi connectivity index (χ0v) is 20.5. The molecule has 34 heavy (non-hydrogen) atoms. The van der Waals surface area contributed by atoms with Gasteiger partial charge < -0.3 is 10.1 Å². The van der Waals surface area contributed by atoms with E-state index < -0.39 is 0 Å². The van der Waals surface area contributed by atoms with Crippen molar-refractivity contribution in [1.29, 1.82) is 0 Å². The number of carbonyl (C=O) groups excluding carboxylic acids is 2. The largest absolute Gasteiger partial charge is 0.492 e. The van der Waals surface area contributed by atoms with Crippen LogP contribution in [0.5, 0.6) is 5.75 Å². The molecule has 2 aromatic rings. The number of carbonyl (C=O) groups is 2. The average molecular weight is 477 g/mol. The maximum atomic E-state index is 13.4. The summed E-state index contributed by atoms with van der Waals surface area (Å²) >= 11 is 1.63. The Morgan fingerprint density at radius 3 is 2.32 bits per heavy atom. The third kappa shape index (κ3) is 3.80. The molecule has 0 spiro atoms. The van der Waals surface area contributed by atoms with Gasteiger partial charge in [-0.05, 0) is 93.0 Å². The molecule has 1 aliphatic heterocycles. The topological polar surface area (TPSA) is 58.6 Å². The number of para-hydroxylation sites is 2. The van der Waals surface area contributed by atoms with E-state index in [1.165, 1.54) is 19.3 Å². The second-order valence-electron chi connectivity index (χ2n) is 10.6. The van der Waals surface area contributed by atoms with Crippen molar-refractivity contribution in [3.8, 4) is 5.75 Å². The molecule has 7 rings (SSSR count). The molecular weight excluding hydrogens is 444 g/mol. The number of rotatable bonds is 6. The summed E-state index contributed by atoms with van der Waals surface area (Å²) in [6.07, 6.45) is 7.21. The molecule has 178 valence electrons. The number of thioether (sulfide) groups is 1. The SMILES string of the molecule is CCOc1ccccc1N1C(=O)CS[C@@H]1c1ccc(NC(=O)C23CC4CC(CC(C4)C2)C3)cc1. The summed E-state index contributed by atoms with van der Waals surface area (Å²) in [6, 6.07) is 15.8. The summed E-state index contributed by atoms with van der Waals surface area (Å²) in [5.41, 5.74) is 2.56. The summed E-state index contributed by atoms with van der Waals surface area (Å²) in [5.74, 6) is 3.73. The molecule has 5 fully saturated rings. The van der Waals surface area contributed by atoms with Gasteiger partial charge in [0, 0.05) is 5.69 Å². The summed E-state index contributed by atoms with van der Waals surface area (Å²) in [4.78, 5) is 28.1. The quantitative estimate of drug-likeness (QED) is 0.554. The van der Waals surface area contributed by atoms with Crippen LogP contribution in [0.1, 0.15) is 56.4 Å². The van der Waals surface area contributed by atoms with Gasteiger partial charge in [-0.1, -0.05) is 24.3 Å². The second kappa shape index (κ2) is 8.63.